The number of methoxy groups -OCH3 is 1. The number of fused-ring (bicyclic) bond motifs is 1. The smallest absolute Gasteiger partial charge is 0.338 e. The van der Waals surface area contributed by atoms with Crippen LogP contribution in [0.4, 0.5) is 0 Å². The molecule has 1 atom stereocenters. The molecule has 0 saturated carbocycles. The Kier molecular flexibility index (Phi) is 9.07. The Hall–Kier alpha value is -4.22. The van der Waals surface area contributed by atoms with E-state index in [1.54, 1.807) is 48.9 Å². The predicted molar refractivity (Wildman–Crippen MR) is 173 cm³/mol. The highest BCUT2D eigenvalue weighted by Crippen LogP contribution is 2.36. The molecular weight excluding hydrogens is 646 g/mol. The van der Waals surface area contributed by atoms with E-state index in [0.717, 1.165) is 34.6 Å². The molecule has 44 heavy (non-hydrogen) atoms. The first kappa shape index (κ1) is 31.2. The van der Waals surface area contributed by atoms with Crippen molar-refractivity contribution < 1.29 is 24.2 Å². The molecule has 0 radical (unpaired) electrons. The van der Waals surface area contributed by atoms with Gasteiger partial charge in [-0.25, -0.2) is 14.6 Å². The number of carbonyl (C=O) groups excluding carboxylic acids is 1. The standard InChI is InChI=1S/C33H32BrN3O6S/c1-6-8-25-28(32(41)43-7-2)29(21-11-14-26(42-5)24(34)16-21)37-30(38)27(44-33(37)35-25)17-22-15-18(3)36(19(22)4)23-12-9-20(10-13-23)31(39)40/h9-17,29H,6-8H2,1-5H3,(H,39,40)/b27-17-/t29-/m0/s1. The summed E-state index contributed by atoms with van der Waals surface area (Å²) in [5.41, 5.74) is 5.12. The number of aromatic carboxylic acids is 1. The highest BCUT2D eigenvalue weighted by Gasteiger charge is 2.34. The zero-order valence-electron chi connectivity index (χ0n) is 25.0. The summed E-state index contributed by atoms with van der Waals surface area (Å²) in [6.45, 7) is 7.88. The fourth-order valence-electron chi connectivity index (χ4n) is 5.51. The third kappa shape index (κ3) is 5.69. The summed E-state index contributed by atoms with van der Waals surface area (Å²) in [4.78, 5) is 44.3. The number of aromatic nitrogens is 2. The molecule has 9 nitrogen and oxygen atoms in total. The van der Waals surface area contributed by atoms with E-state index in [2.05, 4.69) is 15.9 Å². The van der Waals surface area contributed by atoms with Gasteiger partial charge in [0.25, 0.3) is 5.56 Å². The van der Waals surface area contributed by atoms with Gasteiger partial charge in [-0.2, -0.15) is 0 Å². The largest absolute Gasteiger partial charge is 0.496 e. The minimum absolute atomic E-state index is 0.194. The van der Waals surface area contributed by atoms with Gasteiger partial charge < -0.3 is 19.1 Å². The number of carbonyl (C=O) groups is 2. The molecule has 1 aliphatic rings. The number of allylic oxidation sites excluding steroid dienone is 1. The summed E-state index contributed by atoms with van der Waals surface area (Å²) < 4.78 is 15.7. The number of carboxylic acid groups (broad SMARTS) is 1. The molecule has 0 spiro atoms. The molecule has 1 N–H and O–H groups in total. The van der Waals surface area contributed by atoms with Gasteiger partial charge in [0, 0.05) is 17.1 Å². The lowest BCUT2D eigenvalue weighted by molar-refractivity contribution is -0.139. The lowest BCUT2D eigenvalue weighted by atomic mass is 9.94. The average Bonchev–Trinajstić information content (AvgIpc) is 3.45. The van der Waals surface area contributed by atoms with Crippen molar-refractivity contribution in [2.45, 2.75) is 46.6 Å². The predicted octanol–water partition coefficient (Wildman–Crippen LogP) is 5.46. The highest BCUT2D eigenvalue weighted by molar-refractivity contribution is 9.10. The van der Waals surface area contributed by atoms with Crippen molar-refractivity contribution in [1.82, 2.24) is 9.13 Å². The van der Waals surface area contributed by atoms with E-state index in [1.165, 1.54) is 11.3 Å². The molecule has 5 rings (SSSR count). The molecule has 0 bridgehead atoms. The van der Waals surface area contributed by atoms with Crippen molar-refractivity contribution in [2.24, 2.45) is 4.99 Å². The third-order valence-corrected chi connectivity index (χ3v) is 9.12. The second kappa shape index (κ2) is 12.8. The zero-order chi connectivity index (χ0) is 31.7. The molecule has 3 heterocycles. The molecule has 2 aromatic heterocycles. The van der Waals surface area contributed by atoms with Crippen LogP contribution in [-0.4, -0.2) is 39.9 Å². The molecule has 2 aromatic carbocycles. The van der Waals surface area contributed by atoms with Crippen molar-refractivity contribution in [3.8, 4) is 11.4 Å². The van der Waals surface area contributed by atoms with Gasteiger partial charge >= 0.3 is 11.9 Å². The molecule has 0 amide bonds. The monoisotopic (exact) mass is 677 g/mol. The van der Waals surface area contributed by atoms with E-state index in [4.69, 9.17) is 14.5 Å². The third-order valence-electron chi connectivity index (χ3n) is 7.51. The highest BCUT2D eigenvalue weighted by atomic mass is 79.9. The van der Waals surface area contributed by atoms with Crippen LogP contribution in [0.25, 0.3) is 11.8 Å². The van der Waals surface area contributed by atoms with Gasteiger partial charge in [0.15, 0.2) is 4.80 Å². The summed E-state index contributed by atoms with van der Waals surface area (Å²) >= 11 is 4.84. The Bertz CT molecular complexity index is 1980. The summed E-state index contributed by atoms with van der Waals surface area (Å²) in [6, 6.07) is 13.4. The maximum absolute atomic E-state index is 14.2. The molecule has 11 heteroatoms. The second-order valence-corrected chi connectivity index (χ2v) is 12.2. The van der Waals surface area contributed by atoms with E-state index in [1.807, 2.05) is 49.6 Å². The first-order valence-corrected chi connectivity index (χ1v) is 15.8. The van der Waals surface area contributed by atoms with Crippen LogP contribution in [0, 0.1) is 13.8 Å². The van der Waals surface area contributed by atoms with Gasteiger partial charge in [0.1, 0.15) is 5.75 Å². The van der Waals surface area contributed by atoms with E-state index in [0.29, 0.717) is 37.2 Å². The van der Waals surface area contributed by atoms with Gasteiger partial charge in [0.2, 0.25) is 0 Å². The molecule has 4 aromatic rings. The van der Waals surface area contributed by atoms with E-state index >= 15 is 0 Å². The lowest BCUT2D eigenvalue weighted by Crippen LogP contribution is -2.40. The molecule has 0 fully saturated rings. The number of benzene rings is 2. The fraction of sp³-hybridized carbons (Fsp3) is 0.273. The number of halogens is 1. The van der Waals surface area contributed by atoms with Gasteiger partial charge in [-0.05, 0) is 103 Å². The van der Waals surface area contributed by atoms with Gasteiger partial charge in [-0.3, -0.25) is 9.36 Å². The number of rotatable bonds is 9. The van der Waals surface area contributed by atoms with Gasteiger partial charge in [-0.15, -0.1) is 0 Å². The van der Waals surface area contributed by atoms with Crippen LogP contribution in [0.2, 0.25) is 0 Å². The Morgan fingerprint density at radius 2 is 1.84 bits per heavy atom. The number of carboxylic acids is 1. The van der Waals surface area contributed by atoms with Crippen molar-refractivity contribution >= 4 is 45.3 Å². The van der Waals surface area contributed by atoms with Crippen molar-refractivity contribution in [2.75, 3.05) is 13.7 Å². The van der Waals surface area contributed by atoms with Crippen LogP contribution in [0.1, 0.15) is 65.6 Å². The molecule has 0 aliphatic carbocycles. The average molecular weight is 679 g/mol. The zero-order valence-corrected chi connectivity index (χ0v) is 27.4. The number of hydrogen-bond acceptors (Lipinski definition) is 7. The minimum atomic E-state index is -0.984. The van der Waals surface area contributed by atoms with Crippen LogP contribution in [0.15, 0.2) is 74.1 Å². The van der Waals surface area contributed by atoms with E-state index in [9.17, 15) is 19.5 Å². The van der Waals surface area contributed by atoms with Crippen LogP contribution in [0.3, 0.4) is 0 Å². The number of ether oxygens (including phenoxy) is 2. The van der Waals surface area contributed by atoms with E-state index in [-0.39, 0.29) is 17.7 Å². The van der Waals surface area contributed by atoms with Crippen LogP contribution >= 0.6 is 27.3 Å². The van der Waals surface area contributed by atoms with Crippen molar-refractivity contribution in [3.05, 3.63) is 112 Å². The molecule has 0 saturated heterocycles. The molecule has 0 unspecified atom stereocenters. The Morgan fingerprint density at radius 3 is 2.45 bits per heavy atom. The SMILES string of the molecule is CCCC1=C(C(=O)OCC)[C@H](c2ccc(OC)c(Br)c2)n2c(s/c(=C\c3cc(C)n(-c4ccc(C(=O)O)cc4)c3C)c2=O)=N1. The topological polar surface area (TPSA) is 112 Å². The summed E-state index contributed by atoms with van der Waals surface area (Å²) in [5, 5.41) is 9.28. The number of thiazole rings is 1. The van der Waals surface area contributed by atoms with Crippen LogP contribution < -0.4 is 19.6 Å². The van der Waals surface area contributed by atoms with Gasteiger partial charge in [0.05, 0.1) is 45.6 Å². The number of hydrogen-bond donors (Lipinski definition) is 1. The first-order chi connectivity index (χ1) is 21.1. The Balaban J connectivity index is 1.70. The normalized spacial score (nSPS) is 14.8. The summed E-state index contributed by atoms with van der Waals surface area (Å²) in [5.74, 6) is -0.852. The maximum atomic E-state index is 14.2. The fourth-order valence-corrected chi connectivity index (χ4v) is 7.08. The number of aryl methyl sites for hydroxylation is 1. The van der Waals surface area contributed by atoms with Gasteiger partial charge in [-0.1, -0.05) is 30.7 Å². The van der Waals surface area contributed by atoms with Crippen LogP contribution in [0.5, 0.6) is 5.75 Å². The maximum Gasteiger partial charge on any atom is 0.338 e. The van der Waals surface area contributed by atoms with E-state index < -0.39 is 18.0 Å². The number of nitrogens with zero attached hydrogens (tertiary/aromatic N) is 3. The first-order valence-electron chi connectivity index (χ1n) is 14.2. The quantitative estimate of drug-likeness (QED) is 0.236. The molecule has 228 valence electrons. The number of esters is 1. The molecule has 1 aliphatic heterocycles. The lowest BCUT2D eigenvalue weighted by Gasteiger charge is -2.26. The summed E-state index contributed by atoms with van der Waals surface area (Å²) in [6.07, 6.45) is 3.16. The Morgan fingerprint density at radius 1 is 1.11 bits per heavy atom. The molecular formula is C33H32BrN3O6S. The summed E-state index contributed by atoms with van der Waals surface area (Å²) in [7, 11) is 1.58. The minimum Gasteiger partial charge on any atom is -0.496 e. The van der Waals surface area contributed by atoms with Crippen molar-refractivity contribution in [3.63, 3.8) is 0 Å². The van der Waals surface area contributed by atoms with Crippen LogP contribution in [-0.2, 0) is 9.53 Å². The Labute approximate surface area is 266 Å². The second-order valence-electron chi connectivity index (χ2n) is 10.3. The van der Waals surface area contributed by atoms with Crippen molar-refractivity contribution in [1.29, 1.82) is 0 Å².